The minimum Gasteiger partial charge on any atom is -0.374 e. The van der Waals surface area contributed by atoms with Gasteiger partial charge in [0.15, 0.2) is 6.29 Å². The lowest BCUT2D eigenvalue weighted by atomic mass is 10.2. The molecule has 2 N–H and O–H groups in total. The highest BCUT2D eigenvalue weighted by molar-refractivity contribution is 5.83. The first kappa shape index (κ1) is 13.8. The van der Waals surface area contributed by atoms with E-state index in [2.05, 4.69) is 10.8 Å². The van der Waals surface area contributed by atoms with Gasteiger partial charge >= 0.3 is 0 Å². The topological polar surface area (TPSA) is 59.6 Å². The maximum absolute atomic E-state index is 11.8. The molecule has 1 heterocycles. The molecule has 104 valence electrons. The Morgan fingerprint density at radius 3 is 2.84 bits per heavy atom. The highest BCUT2D eigenvalue weighted by Crippen LogP contribution is 2.12. The maximum Gasteiger partial charge on any atom is 0.265 e. The van der Waals surface area contributed by atoms with Crippen LogP contribution in [0.4, 0.5) is 5.69 Å². The Hall–Kier alpha value is -1.59. The molecule has 1 saturated heterocycles. The molecule has 0 spiro atoms. The van der Waals surface area contributed by atoms with Gasteiger partial charge in [-0.3, -0.25) is 4.79 Å². The molecule has 2 rings (SSSR count). The maximum atomic E-state index is 11.8. The Morgan fingerprint density at radius 1 is 1.37 bits per heavy atom. The average molecular weight is 264 g/mol. The van der Waals surface area contributed by atoms with Crippen molar-refractivity contribution in [2.24, 2.45) is 0 Å². The minimum absolute atomic E-state index is 0.210. The molecule has 0 saturated carbocycles. The molecule has 1 aromatic carbocycles. The number of hydroxylamine groups is 1. The highest BCUT2D eigenvalue weighted by atomic mass is 16.8. The van der Waals surface area contributed by atoms with Crippen LogP contribution in [0.3, 0.4) is 0 Å². The van der Waals surface area contributed by atoms with E-state index in [4.69, 9.17) is 9.57 Å². The summed E-state index contributed by atoms with van der Waals surface area (Å²) < 4.78 is 5.37. The summed E-state index contributed by atoms with van der Waals surface area (Å²) in [5.41, 5.74) is 3.35. The number of carbonyl (C=O) groups excluding carboxylic acids is 1. The number of carbonyl (C=O) groups is 1. The van der Waals surface area contributed by atoms with E-state index in [9.17, 15) is 4.79 Å². The van der Waals surface area contributed by atoms with Gasteiger partial charge in [0.1, 0.15) is 6.04 Å². The molecule has 2 atom stereocenters. The zero-order chi connectivity index (χ0) is 13.5. The Kier molecular flexibility index (Phi) is 5.18. The van der Waals surface area contributed by atoms with Gasteiger partial charge in [-0.2, -0.15) is 0 Å². The van der Waals surface area contributed by atoms with Crippen LogP contribution in [-0.4, -0.2) is 24.8 Å². The van der Waals surface area contributed by atoms with E-state index in [0.717, 1.165) is 24.9 Å². The van der Waals surface area contributed by atoms with Crippen molar-refractivity contribution in [2.75, 3.05) is 11.9 Å². The van der Waals surface area contributed by atoms with Crippen LogP contribution in [0.25, 0.3) is 0 Å². The highest BCUT2D eigenvalue weighted by Gasteiger charge is 2.18. The lowest BCUT2D eigenvalue weighted by Crippen LogP contribution is -2.40. The molecule has 19 heavy (non-hydrogen) atoms. The fourth-order valence-electron chi connectivity index (χ4n) is 1.87. The van der Waals surface area contributed by atoms with Crippen molar-refractivity contribution in [3.05, 3.63) is 30.3 Å². The zero-order valence-corrected chi connectivity index (χ0v) is 11.1. The van der Waals surface area contributed by atoms with Gasteiger partial charge in [0.05, 0.1) is 0 Å². The number of ether oxygens (including phenoxy) is 1. The molecule has 1 fully saturated rings. The third-order valence-electron chi connectivity index (χ3n) is 2.98. The molecule has 0 radical (unpaired) electrons. The SMILES string of the molecule is CC(Nc1ccccc1)C(=O)NOC1CCCCO1. The molecule has 0 aromatic heterocycles. The van der Waals surface area contributed by atoms with E-state index in [1.165, 1.54) is 0 Å². The predicted octanol–water partition coefficient (Wildman–Crippen LogP) is 2.06. The van der Waals surface area contributed by atoms with E-state index in [-0.39, 0.29) is 18.2 Å². The van der Waals surface area contributed by atoms with Crippen LogP contribution in [0.1, 0.15) is 26.2 Å². The van der Waals surface area contributed by atoms with Crippen molar-refractivity contribution >= 4 is 11.6 Å². The van der Waals surface area contributed by atoms with Crippen LogP contribution < -0.4 is 10.8 Å². The van der Waals surface area contributed by atoms with E-state index in [1.807, 2.05) is 30.3 Å². The Labute approximate surface area is 113 Å². The molecule has 1 aromatic rings. The van der Waals surface area contributed by atoms with Crippen LogP contribution in [0.2, 0.25) is 0 Å². The first-order valence-corrected chi connectivity index (χ1v) is 6.64. The van der Waals surface area contributed by atoms with Gasteiger partial charge in [-0.25, -0.2) is 10.3 Å². The summed E-state index contributed by atoms with van der Waals surface area (Å²) in [7, 11) is 0. The van der Waals surface area contributed by atoms with Crippen molar-refractivity contribution in [3.8, 4) is 0 Å². The van der Waals surface area contributed by atoms with Crippen molar-refractivity contribution in [1.82, 2.24) is 5.48 Å². The van der Waals surface area contributed by atoms with E-state index in [0.29, 0.717) is 6.61 Å². The van der Waals surface area contributed by atoms with Gasteiger partial charge in [-0.15, -0.1) is 0 Å². The molecule has 1 aliphatic rings. The number of hydrogen-bond acceptors (Lipinski definition) is 4. The summed E-state index contributed by atoms with van der Waals surface area (Å²) in [6, 6.07) is 9.22. The van der Waals surface area contributed by atoms with Gasteiger partial charge in [0.25, 0.3) is 5.91 Å². The van der Waals surface area contributed by atoms with E-state index in [1.54, 1.807) is 6.92 Å². The fraction of sp³-hybridized carbons (Fsp3) is 0.500. The average Bonchev–Trinajstić information content (AvgIpc) is 2.47. The summed E-state index contributed by atoms with van der Waals surface area (Å²) in [5, 5.41) is 3.10. The third-order valence-corrected chi connectivity index (χ3v) is 2.98. The number of nitrogens with one attached hydrogen (secondary N) is 2. The van der Waals surface area contributed by atoms with Crippen molar-refractivity contribution < 1.29 is 14.4 Å². The second kappa shape index (κ2) is 7.11. The number of benzene rings is 1. The lowest BCUT2D eigenvalue weighted by molar-refractivity contribution is -0.200. The van der Waals surface area contributed by atoms with Crippen molar-refractivity contribution in [2.45, 2.75) is 38.5 Å². The van der Waals surface area contributed by atoms with E-state index >= 15 is 0 Å². The molecular formula is C14H20N2O3. The Bertz CT molecular complexity index is 391. The van der Waals surface area contributed by atoms with Gasteiger partial charge in [-0.1, -0.05) is 18.2 Å². The van der Waals surface area contributed by atoms with E-state index < -0.39 is 0 Å². The normalized spacial score (nSPS) is 20.6. The number of para-hydroxylation sites is 1. The molecular weight excluding hydrogens is 244 g/mol. The smallest absolute Gasteiger partial charge is 0.265 e. The van der Waals surface area contributed by atoms with Crippen LogP contribution in [0.5, 0.6) is 0 Å². The second-order valence-electron chi connectivity index (χ2n) is 4.61. The fourth-order valence-corrected chi connectivity index (χ4v) is 1.87. The second-order valence-corrected chi connectivity index (χ2v) is 4.61. The van der Waals surface area contributed by atoms with Crippen LogP contribution in [0, 0.1) is 0 Å². The predicted molar refractivity (Wildman–Crippen MR) is 72.3 cm³/mol. The lowest BCUT2D eigenvalue weighted by Gasteiger charge is -2.23. The largest absolute Gasteiger partial charge is 0.374 e. The molecule has 0 aliphatic carbocycles. The number of amides is 1. The number of anilines is 1. The van der Waals surface area contributed by atoms with Gasteiger partial charge < -0.3 is 10.1 Å². The summed E-state index contributed by atoms with van der Waals surface area (Å²) in [4.78, 5) is 17.1. The van der Waals surface area contributed by atoms with Gasteiger partial charge in [0, 0.05) is 18.7 Å². The van der Waals surface area contributed by atoms with Crippen LogP contribution >= 0.6 is 0 Å². The number of hydrogen-bond donors (Lipinski definition) is 2. The monoisotopic (exact) mass is 264 g/mol. The Balaban J connectivity index is 1.73. The minimum atomic E-state index is -0.369. The van der Waals surface area contributed by atoms with Crippen molar-refractivity contribution in [3.63, 3.8) is 0 Å². The Morgan fingerprint density at radius 2 is 2.16 bits per heavy atom. The number of rotatable bonds is 5. The van der Waals surface area contributed by atoms with Gasteiger partial charge in [-0.05, 0) is 31.9 Å². The van der Waals surface area contributed by atoms with Crippen molar-refractivity contribution in [1.29, 1.82) is 0 Å². The molecule has 5 nitrogen and oxygen atoms in total. The van der Waals surface area contributed by atoms with Crippen LogP contribution in [0.15, 0.2) is 30.3 Å². The summed E-state index contributed by atoms with van der Waals surface area (Å²) >= 11 is 0. The van der Waals surface area contributed by atoms with Crippen LogP contribution in [-0.2, 0) is 14.4 Å². The van der Waals surface area contributed by atoms with Gasteiger partial charge in [0.2, 0.25) is 0 Å². The summed E-state index contributed by atoms with van der Waals surface area (Å²) in [6.45, 7) is 2.48. The first-order valence-electron chi connectivity index (χ1n) is 6.64. The first-order chi connectivity index (χ1) is 9.25. The third kappa shape index (κ3) is 4.54. The molecule has 1 aliphatic heterocycles. The standard InChI is InChI=1S/C14H20N2O3/c1-11(15-12-7-3-2-4-8-12)14(17)16-19-13-9-5-6-10-18-13/h2-4,7-8,11,13,15H,5-6,9-10H2,1H3,(H,16,17). The summed E-state index contributed by atoms with van der Waals surface area (Å²) in [5.74, 6) is -0.210. The molecule has 5 heteroatoms. The molecule has 2 unspecified atom stereocenters. The quantitative estimate of drug-likeness (QED) is 0.799. The zero-order valence-electron chi connectivity index (χ0n) is 11.1. The molecule has 1 amide bonds. The molecule has 0 bridgehead atoms. The summed E-state index contributed by atoms with van der Waals surface area (Å²) in [6.07, 6.45) is 2.63.